The average molecular weight is 320 g/mol. The zero-order chi connectivity index (χ0) is 14.8. The van der Waals surface area contributed by atoms with E-state index < -0.39 is 0 Å². The summed E-state index contributed by atoms with van der Waals surface area (Å²) in [6.45, 7) is 0. The Morgan fingerprint density at radius 3 is 2.43 bits per heavy atom. The van der Waals surface area contributed by atoms with E-state index in [0.717, 1.165) is 17.0 Å². The molecule has 1 aliphatic rings. The van der Waals surface area contributed by atoms with Gasteiger partial charge in [-0.15, -0.1) is 11.8 Å². The topological polar surface area (TPSA) is 29.5 Å². The normalized spacial score (nSPS) is 18.1. The second-order valence-corrected chi connectivity index (χ2v) is 6.18. The van der Waals surface area contributed by atoms with Gasteiger partial charge in [0.2, 0.25) is 5.91 Å². The third kappa shape index (κ3) is 2.87. The van der Waals surface area contributed by atoms with Crippen molar-refractivity contribution in [1.29, 1.82) is 0 Å². The Balaban J connectivity index is 1.93. The Morgan fingerprint density at radius 2 is 1.81 bits per heavy atom. The molecule has 1 amide bonds. The number of halogens is 1. The molecule has 1 heterocycles. The largest absolute Gasteiger partial charge is 0.497 e. The SMILES string of the molecule is COc1ccc([C@@H]2SCC(=O)N2c2ccc(Cl)cc2)cc1. The minimum Gasteiger partial charge on any atom is -0.497 e. The van der Waals surface area contributed by atoms with Crippen molar-refractivity contribution in [1.82, 2.24) is 0 Å². The Bertz CT molecular complexity index is 642. The Kier molecular flexibility index (Phi) is 4.08. The number of methoxy groups -OCH3 is 1. The summed E-state index contributed by atoms with van der Waals surface area (Å²) >= 11 is 7.55. The predicted molar refractivity (Wildman–Crippen MR) is 87.1 cm³/mol. The molecular weight excluding hydrogens is 306 g/mol. The molecular formula is C16H14ClNO2S. The smallest absolute Gasteiger partial charge is 0.238 e. The molecule has 2 aromatic rings. The lowest BCUT2D eigenvalue weighted by Crippen LogP contribution is -2.27. The molecule has 1 atom stereocenters. The lowest BCUT2D eigenvalue weighted by atomic mass is 10.2. The zero-order valence-corrected chi connectivity index (χ0v) is 13.0. The number of ether oxygens (including phenoxy) is 1. The van der Waals surface area contributed by atoms with E-state index in [-0.39, 0.29) is 11.3 Å². The van der Waals surface area contributed by atoms with Crippen molar-refractivity contribution in [2.75, 3.05) is 17.8 Å². The molecule has 0 N–H and O–H groups in total. The molecule has 0 saturated carbocycles. The van der Waals surface area contributed by atoms with Crippen LogP contribution in [-0.2, 0) is 4.79 Å². The molecule has 0 spiro atoms. The molecule has 3 nitrogen and oxygen atoms in total. The highest BCUT2D eigenvalue weighted by molar-refractivity contribution is 8.00. The van der Waals surface area contributed by atoms with E-state index in [1.54, 1.807) is 31.0 Å². The molecule has 0 bridgehead atoms. The van der Waals surface area contributed by atoms with Gasteiger partial charge in [-0.1, -0.05) is 23.7 Å². The molecule has 1 aliphatic heterocycles. The molecule has 2 aromatic carbocycles. The zero-order valence-electron chi connectivity index (χ0n) is 11.5. The van der Waals surface area contributed by atoms with Crippen LogP contribution in [0.15, 0.2) is 48.5 Å². The van der Waals surface area contributed by atoms with Gasteiger partial charge in [-0.2, -0.15) is 0 Å². The number of anilines is 1. The number of hydrogen-bond acceptors (Lipinski definition) is 3. The van der Waals surface area contributed by atoms with Crippen LogP contribution in [0.25, 0.3) is 0 Å². The van der Waals surface area contributed by atoms with Gasteiger partial charge in [0.05, 0.1) is 12.9 Å². The van der Waals surface area contributed by atoms with E-state index in [2.05, 4.69) is 0 Å². The molecule has 21 heavy (non-hydrogen) atoms. The fraction of sp³-hybridized carbons (Fsp3) is 0.188. The second kappa shape index (κ2) is 6.00. The maximum absolute atomic E-state index is 12.2. The van der Waals surface area contributed by atoms with Crippen LogP contribution in [0.2, 0.25) is 5.02 Å². The Hall–Kier alpha value is -1.65. The van der Waals surface area contributed by atoms with Gasteiger partial charge in [-0.3, -0.25) is 9.69 Å². The fourth-order valence-electron chi connectivity index (χ4n) is 2.32. The number of benzene rings is 2. The van der Waals surface area contributed by atoms with Crippen LogP contribution in [0, 0.1) is 0 Å². The molecule has 1 saturated heterocycles. The van der Waals surface area contributed by atoms with E-state index >= 15 is 0 Å². The van der Waals surface area contributed by atoms with Crippen molar-refractivity contribution in [2.45, 2.75) is 5.37 Å². The minimum absolute atomic E-state index is 0.00965. The number of amides is 1. The first-order chi connectivity index (χ1) is 10.2. The van der Waals surface area contributed by atoms with Crippen LogP contribution in [-0.4, -0.2) is 18.8 Å². The third-order valence-corrected chi connectivity index (χ3v) is 4.84. The molecule has 0 aromatic heterocycles. The monoisotopic (exact) mass is 319 g/mol. The van der Waals surface area contributed by atoms with Gasteiger partial charge >= 0.3 is 0 Å². The maximum atomic E-state index is 12.2. The molecule has 5 heteroatoms. The van der Waals surface area contributed by atoms with Gasteiger partial charge in [0.1, 0.15) is 11.1 Å². The van der Waals surface area contributed by atoms with Crippen LogP contribution < -0.4 is 9.64 Å². The lowest BCUT2D eigenvalue weighted by molar-refractivity contribution is -0.115. The lowest BCUT2D eigenvalue weighted by Gasteiger charge is -2.24. The summed E-state index contributed by atoms with van der Waals surface area (Å²) in [6, 6.07) is 15.2. The summed E-state index contributed by atoms with van der Waals surface area (Å²) < 4.78 is 5.18. The highest BCUT2D eigenvalue weighted by Crippen LogP contribution is 2.42. The number of nitrogens with zero attached hydrogens (tertiary/aromatic N) is 1. The summed E-state index contributed by atoms with van der Waals surface area (Å²) in [5, 5.41) is 0.656. The van der Waals surface area contributed by atoms with Gasteiger partial charge in [0, 0.05) is 10.7 Å². The first-order valence-electron chi connectivity index (χ1n) is 6.52. The van der Waals surface area contributed by atoms with E-state index in [1.165, 1.54) is 0 Å². The van der Waals surface area contributed by atoms with Crippen molar-refractivity contribution < 1.29 is 9.53 Å². The minimum atomic E-state index is -0.00965. The first-order valence-corrected chi connectivity index (χ1v) is 7.95. The first kappa shape index (κ1) is 14.3. The molecule has 1 fully saturated rings. The van der Waals surface area contributed by atoms with E-state index in [4.69, 9.17) is 16.3 Å². The summed E-state index contributed by atoms with van der Waals surface area (Å²) in [7, 11) is 1.64. The molecule has 0 radical (unpaired) electrons. The van der Waals surface area contributed by atoms with Gasteiger partial charge in [-0.25, -0.2) is 0 Å². The van der Waals surface area contributed by atoms with Gasteiger partial charge in [-0.05, 0) is 42.0 Å². The standard InChI is InChI=1S/C16H14ClNO2S/c1-20-14-8-2-11(3-9-14)16-18(15(19)10-21-16)13-6-4-12(17)5-7-13/h2-9,16H,10H2,1H3/t16-/m0/s1. The molecule has 108 valence electrons. The quantitative estimate of drug-likeness (QED) is 0.852. The predicted octanol–water partition coefficient (Wildman–Crippen LogP) is 4.13. The number of hydrogen-bond donors (Lipinski definition) is 0. The number of carbonyl (C=O) groups is 1. The number of rotatable bonds is 3. The Morgan fingerprint density at radius 1 is 1.14 bits per heavy atom. The number of carbonyl (C=O) groups excluding carboxylic acids is 1. The fourth-order valence-corrected chi connectivity index (χ4v) is 3.62. The van der Waals surface area contributed by atoms with Crippen LogP contribution in [0.4, 0.5) is 5.69 Å². The molecule has 0 unspecified atom stereocenters. The maximum Gasteiger partial charge on any atom is 0.238 e. The van der Waals surface area contributed by atoms with Crippen molar-refractivity contribution >= 4 is 35.0 Å². The second-order valence-electron chi connectivity index (χ2n) is 4.68. The van der Waals surface area contributed by atoms with Crippen molar-refractivity contribution in [3.8, 4) is 5.75 Å². The van der Waals surface area contributed by atoms with E-state index in [0.29, 0.717) is 10.8 Å². The van der Waals surface area contributed by atoms with Crippen LogP contribution in [0.3, 0.4) is 0 Å². The van der Waals surface area contributed by atoms with Gasteiger partial charge in [0.15, 0.2) is 0 Å². The van der Waals surface area contributed by atoms with Crippen molar-refractivity contribution in [2.24, 2.45) is 0 Å². The summed E-state index contributed by atoms with van der Waals surface area (Å²) in [6.07, 6.45) is 0. The van der Waals surface area contributed by atoms with Gasteiger partial charge in [0.25, 0.3) is 0 Å². The van der Waals surface area contributed by atoms with Gasteiger partial charge < -0.3 is 4.74 Å². The highest BCUT2D eigenvalue weighted by atomic mass is 35.5. The Labute approximate surface area is 132 Å². The van der Waals surface area contributed by atoms with Crippen LogP contribution >= 0.6 is 23.4 Å². The van der Waals surface area contributed by atoms with Crippen molar-refractivity contribution in [3.63, 3.8) is 0 Å². The number of thioether (sulfide) groups is 1. The molecule has 0 aliphatic carbocycles. The average Bonchev–Trinajstić information content (AvgIpc) is 2.90. The third-order valence-electron chi connectivity index (χ3n) is 3.37. The van der Waals surface area contributed by atoms with E-state index in [1.807, 2.05) is 41.3 Å². The van der Waals surface area contributed by atoms with E-state index in [9.17, 15) is 4.79 Å². The summed E-state index contributed by atoms with van der Waals surface area (Å²) in [5.74, 6) is 1.41. The van der Waals surface area contributed by atoms with Crippen LogP contribution in [0.5, 0.6) is 5.75 Å². The molecule has 3 rings (SSSR count). The summed E-state index contributed by atoms with van der Waals surface area (Å²) in [5.41, 5.74) is 1.96. The highest BCUT2D eigenvalue weighted by Gasteiger charge is 2.33. The summed E-state index contributed by atoms with van der Waals surface area (Å²) in [4.78, 5) is 14.0. The van der Waals surface area contributed by atoms with Crippen LogP contribution in [0.1, 0.15) is 10.9 Å². The van der Waals surface area contributed by atoms with Crippen molar-refractivity contribution in [3.05, 3.63) is 59.1 Å².